The fourth-order valence-electron chi connectivity index (χ4n) is 2.34. The second-order valence-electron chi connectivity index (χ2n) is 6.26. The second-order valence-corrected chi connectivity index (χ2v) is 7.70. The highest BCUT2D eigenvalue weighted by Gasteiger charge is 2.13. The first-order valence-electron chi connectivity index (χ1n) is 8.81. The van der Waals surface area contributed by atoms with Crippen LogP contribution in [0.4, 0.5) is 5.13 Å². The van der Waals surface area contributed by atoms with Gasteiger partial charge in [0.1, 0.15) is 5.75 Å². The maximum absolute atomic E-state index is 12.0. The number of anilines is 1. The Hall–Kier alpha value is -3.04. The first-order valence-corrected chi connectivity index (χ1v) is 10.0. The number of esters is 1. The molecule has 0 saturated heterocycles. The van der Waals surface area contributed by atoms with E-state index in [4.69, 9.17) is 21.7 Å². The molecule has 0 aliphatic heterocycles. The Labute approximate surface area is 177 Å². The molecule has 3 rings (SSSR count). The van der Waals surface area contributed by atoms with Crippen molar-refractivity contribution in [2.45, 2.75) is 20.0 Å². The normalized spacial score (nSPS) is 10.6. The van der Waals surface area contributed by atoms with E-state index in [1.165, 1.54) is 11.3 Å². The highest BCUT2D eigenvalue weighted by atomic mass is 32.1. The summed E-state index contributed by atoms with van der Waals surface area (Å²) in [6.45, 7) is 3.43. The summed E-state index contributed by atoms with van der Waals surface area (Å²) >= 11 is 6.47. The smallest absolute Gasteiger partial charge is 0.338 e. The Bertz CT molecular complexity index is 1030. The number of thiocarbonyl (C=S) groups is 1. The first kappa shape index (κ1) is 20.7. The van der Waals surface area contributed by atoms with Gasteiger partial charge >= 0.3 is 5.97 Å². The average Bonchev–Trinajstić information content (AvgIpc) is 3.07. The third kappa shape index (κ3) is 5.97. The van der Waals surface area contributed by atoms with Gasteiger partial charge in [-0.25, -0.2) is 9.78 Å². The van der Waals surface area contributed by atoms with E-state index in [1.807, 2.05) is 18.2 Å². The summed E-state index contributed by atoms with van der Waals surface area (Å²) in [6, 6.07) is 14.1. The fourth-order valence-corrected chi connectivity index (χ4v) is 3.53. The number of nitrogens with zero attached hydrogens (tertiary/aromatic N) is 1. The van der Waals surface area contributed by atoms with Crippen LogP contribution in [0.3, 0.4) is 0 Å². The molecule has 0 saturated carbocycles. The number of nitrogens with one attached hydrogen (secondary N) is 2. The zero-order valence-corrected chi connectivity index (χ0v) is 17.4. The van der Waals surface area contributed by atoms with Crippen molar-refractivity contribution in [1.82, 2.24) is 10.3 Å². The lowest BCUT2D eigenvalue weighted by atomic mass is 10.2. The molecule has 150 valence electrons. The maximum Gasteiger partial charge on any atom is 0.338 e. The monoisotopic (exact) mass is 429 g/mol. The number of para-hydroxylation sites is 1. The van der Waals surface area contributed by atoms with Crippen LogP contribution in [0.25, 0.3) is 10.2 Å². The van der Waals surface area contributed by atoms with Crippen LogP contribution < -0.4 is 15.4 Å². The SMILES string of the molecule is CC(C)OC(=O)c1ccc2nc(NC(=S)NC(=O)COc3ccccc3)sc2c1. The highest BCUT2D eigenvalue weighted by Crippen LogP contribution is 2.27. The second kappa shape index (κ2) is 9.44. The molecule has 1 amide bonds. The van der Waals surface area contributed by atoms with Crippen LogP contribution in [0.5, 0.6) is 5.75 Å². The summed E-state index contributed by atoms with van der Waals surface area (Å²) in [5.41, 5.74) is 1.16. The number of hydrogen-bond acceptors (Lipinski definition) is 7. The number of aromatic nitrogens is 1. The van der Waals surface area contributed by atoms with Gasteiger partial charge in [0.25, 0.3) is 5.91 Å². The molecule has 29 heavy (non-hydrogen) atoms. The lowest BCUT2D eigenvalue weighted by Crippen LogP contribution is -2.37. The summed E-state index contributed by atoms with van der Waals surface area (Å²) in [6.07, 6.45) is -0.191. The summed E-state index contributed by atoms with van der Waals surface area (Å²) in [5, 5.41) is 6.04. The number of hydrogen-bond donors (Lipinski definition) is 2. The minimum Gasteiger partial charge on any atom is -0.484 e. The Morgan fingerprint density at radius 3 is 2.66 bits per heavy atom. The fraction of sp³-hybridized carbons (Fsp3) is 0.200. The maximum atomic E-state index is 12.0. The minimum atomic E-state index is -0.383. The van der Waals surface area contributed by atoms with E-state index in [9.17, 15) is 9.59 Å². The molecule has 0 aliphatic rings. The molecule has 0 atom stereocenters. The van der Waals surface area contributed by atoms with E-state index < -0.39 is 0 Å². The van der Waals surface area contributed by atoms with Crippen LogP contribution >= 0.6 is 23.6 Å². The third-order valence-corrected chi connectivity index (χ3v) is 4.69. The zero-order valence-electron chi connectivity index (χ0n) is 15.8. The highest BCUT2D eigenvalue weighted by molar-refractivity contribution is 7.80. The Kier molecular flexibility index (Phi) is 6.73. The molecule has 7 nitrogen and oxygen atoms in total. The number of ether oxygens (including phenoxy) is 2. The largest absolute Gasteiger partial charge is 0.484 e. The van der Waals surface area contributed by atoms with Gasteiger partial charge in [0, 0.05) is 0 Å². The van der Waals surface area contributed by atoms with Crippen molar-refractivity contribution in [1.29, 1.82) is 0 Å². The molecular formula is C20H19N3O4S2. The topological polar surface area (TPSA) is 89.5 Å². The van der Waals surface area contributed by atoms with Crippen LogP contribution in [0.1, 0.15) is 24.2 Å². The molecule has 0 radical (unpaired) electrons. The average molecular weight is 430 g/mol. The molecule has 0 bridgehead atoms. The van der Waals surface area contributed by atoms with E-state index in [0.717, 1.165) is 4.70 Å². The van der Waals surface area contributed by atoms with E-state index in [0.29, 0.717) is 22.0 Å². The molecule has 3 aromatic rings. The molecule has 0 fully saturated rings. The van der Waals surface area contributed by atoms with Gasteiger partial charge in [-0.1, -0.05) is 29.5 Å². The van der Waals surface area contributed by atoms with Gasteiger partial charge in [0.2, 0.25) is 0 Å². The van der Waals surface area contributed by atoms with Gasteiger partial charge in [0.15, 0.2) is 16.9 Å². The van der Waals surface area contributed by atoms with E-state index >= 15 is 0 Å². The zero-order chi connectivity index (χ0) is 20.8. The Balaban J connectivity index is 1.57. The first-order chi connectivity index (χ1) is 13.9. The van der Waals surface area contributed by atoms with Gasteiger partial charge in [-0.3, -0.25) is 10.1 Å². The number of fused-ring (bicyclic) bond motifs is 1. The Morgan fingerprint density at radius 1 is 1.17 bits per heavy atom. The molecule has 1 heterocycles. The van der Waals surface area contributed by atoms with Crippen molar-refractivity contribution < 1.29 is 19.1 Å². The standard InChI is InChI=1S/C20H19N3O4S2/c1-12(2)27-18(25)13-8-9-15-16(10-13)29-20(21-15)23-19(28)22-17(24)11-26-14-6-4-3-5-7-14/h3-10,12H,11H2,1-2H3,(H2,21,22,23,24,28). The van der Waals surface area contributed by atoms with E-state index in [-0.39, 0.29) is 29.7 Å². The van der Waals surface area contributed by atoms with Gasteiger partial charge in [-0.2, -0.15) is 0 Å². The van der Waals surface area contributed by atoms with Crippen LogP contribution in [0.2, 0.25) is 0 Å². The molecule has 2 N–H and O–H groups in total. The predicted molar refractivity (Wildman–Crippen MR) is 116 cm³/mol. The van der Waals surface area contributed by atoms with Crippen molar-refractivity contribution in [2.75, 3.05) is 11.9 Å². The van der Waals surface area contributed by atoms with Crippen molar-refractivity contribution in [2.24, 2.45) is 0 Å². The minimum absolute atomic E-state index is 0.116. The summed E-state index contributed by atoms with van der Waals surface area (Å²) in [4.78, 5) is 28.4. The predicted octanol–water partition coefficient (Wildman–Crippen LogP) is 3.75. The lowest BCUT2D eigenvalue weighted by Gasteiger charge is -2.08. The van der Waals surface area contributed by atoms with Crippen molar-refractivity contribution >= 4 is 55.9 Å². The number of carbonyl (C=O) groups excluding carboxylic acids is 2. The molecule has 0 unspecified atom stereocenters. The number of benzene rings is 2. The quantitative estimate of drug-likeness (QED) is 0.456. The summed E-state index contributed by atoms with van der Waals surface area (Å²) in [5.74, 6) is -0.170. The molecule has 1 aromatic heterocycles. The van der Waals surface area contributed by atoms with Gasteiger partial charge in [0.05, 0.1) is 21.9 Å². The van der Waals surface area contributed by atoms with Crippen LogP contribution in [0.15, 0.2) is 48.5 Å². The third-order valence-electron chi connectivity index (χ3n) is 3.55. The number of thiazole rings is 1. The molecule has 2 aromatic carbocycles. The number of rotatable bonds is 6. The van der Waals surface area contributed by atoms with Crippen LogP contribution in [-0.4, -0.2) is 34.7 Å². The van der Waals surface area contributed by atoms with Crippen molar-refractivity contribution in [3.05, 3.63) is 54.1 Å². The summed E-state index contributed by atoms with van der Waals surface area (Å²) in [7, 11) is 0. The van der Waals surface area contributed by atoms with Crippen molar-refractivity contribution in [3.63, 3.8) is 0 Å². The van der Waals surface area contributed by atoms with Gasteiger partial charge in [-0.15, -0.1) is 0 Å². The molecule has 0 aliphatic carbocycles. The Morgan fingerprint density at radius 2 is 1.93 bits per heavy atom. The van der Waals surface area contributed by atoms with Crippen LogP contribution in [-0.2, 0) is 9.53 Å². The van der Waals surface area contributed by atoms with E-state index in [2.05, 4.69) is 15.6 Å². The van der Waals surface area contributed by atoms with E-state index in [1.54, 1.807) is 44.2 Å². The van der Waals surface area contributed by atoms with Gasteiger partial charge < -0.3 is 14.8 Å². The molecular weight excluding hydrogens is 410 g/mol. The van der Waals surface area contributed by atoms with Crippen molar-refractivity contribution in [3.8, 4) is 5.75 Å². The summed E-state index contributed by atoms with van der Waals surface area (Å²) < 4.78 is 11.4. The number of amides is 1. The molecule has 9 heteroatoms. The lowest BCUT2D eigenvalue weighted by molar-refractivity contribution is -0.121. The van der Waals surface area contributed by atoms with Crippen LogP contribution in [0, 0.1) is 0 Å². The van der Waals surface area contributed by atoms with Gasteiger partial charge in [-0.05, 0) is 56.4 Å². The molecule has 0 spiro atoms. The number of carbonyl (C=O) groups is 2.